The maximum absolute atomic E-state index is 11.8. The van der Waals surface area contributed by atoms with Crippen molar-refractivity contribution < 1.29 is 4.79 Å². The molecule has 0 spiro atoms. The average molecular weight is 281 g/mol. The number of amides is 1. The van der Waals surface area contributed by atoms with Crippen LogP contribution < -0.4 is 5.32 Å². The Morgan fingerprint density at radius 1 is 1.22 bits per heavy atom. The fourth-order valence-electron chi connectivity index (χ4n) is 1.49. The van der Waals surface area contributed by atoms with Crippen LogP contribution in [0.3, 0.4) is 0 Å². The molecule has 0 unspecified atom stereocenters. The van der Waals surface area contributed by atoms with Gasteiger partial charge >= 0.3 is 0 Å². The number of hydrogen-bond acceptors (Lipinski definition) is 2. The van der Waals surface area contributed by atoms with Gasteiger partial charge in [0.25, 0.3) is 0 Å². The van der Waals surface area contributed by atoms with E-state index in [0.29, 0.717) is 15.9 Å². The fraction of sp³-hybridized carbons (Fsp3) is 0.0769. The van der Waals surface area contributed by atoms with Crippen molar-refractivity contribution in [3.8, 4) is 0 Å². The largest absolute Gasteiger partial charge is 0.324 e. The Hall–Kier alpha value is -1.58. The van der Waals surface area contributed by atoms with Crippen molar-refractivity contribution >= 4 is 34.8 Å². The van der Waals surface area contributed by atoms with E-state index in [1.54, 1.807) is 24.3 Å². The van der Waals surface area contributed by atoms with Gasteiger partial charge < -0.3 is 5.32 Å². The molecule has 1 N–H and O–H groups in total. The second kappa shape index (κ2) is 5.85. The Labute approximate surface area is 115 Å². The van der Waals surface area contributed by atoms with E-state index in [9.17, 15) is 4.79 Å². The lowest BCUT2D eigenvalue weighted by molar-refractivity contribution is -0.115. The van der Waals surface area contributed by atoms with Crippen LogP contribution in [0.4, 0.5) is 5.69 Å². The van der Waals surface area contributed by atoms with Gasteiger partial charge in [0.1, 0.15) is 5.15 Å². The molecule has 2 rings (SSSR count). The molecule has 0 aliphatic carbocycles. The molecule has 0 saturated carbocycles. The molecule has 0 bridgehead atoms. The van der Waals surface area contributed by atoms with E-state index in [0.717, 1.165) is 5.56 Å². The molecule has 0 saturated heterocycles. The molecule has 1 aromatic carbocycles. The van der Waals surface area contributed by atoms with E-state index in [2.05, 4.69) is 10.3 Å². The van der Waals surface area contributed by atoms with Crippen molar-refractivity contribution in [3.63, 3.8) is 0 Å². The van der Waals surface area contributed by atoms with Gasteiger partial charge in [0.15, 0.2) is 0 Å². The maximum atomic E-state index is 11.8. The number of aromatic nitrogens is 1. The van der Waals surface area contributed by atoms with E-state index in [4.69, 9.17) is 23.2 Å². The lowest BCUT2D eigenvalue weighted by Gasteiger charge is -2.05. The summed E-state index contributed by atoms with van der Waals surface area (Å²) in [6.07, 6.45) is 1.78. The second-order valence-electron chi connectivity index (χ2n) is 3.72. The molecule has 5 heteroatoms. The third kappa shape index (κ3) is 3.72. The molecular weight excluding hydrogens is 271 g/mol. The summed E-state index contributed by atoms with van der Waals surface area (Å²) in [6.45, 7) is 0. The monoisotopic (exact) mass is 280 g/mol. The number of hydrogen-bond donors (Lipinski definition) is 1. The van der Waals surface area contributed by atoms with Crippen LogP contribution in [0.25, 0.3) is 0 Å². The minimum Gasteiger partial charge on any atom is -0.324 e. The van der Waals surface area contributed by atoms with E-state index in [1.165, 1.54) is 6.20 Å². The summed E-state index contributed by atoms with van der Waals surface area (Å²) in [5, 5.41) is 3.74. The molecule has 0 atom stereocenters. The van der Waals surface area contributed by atoms with E-state index < -0.39 is 0 Å². The summed E-state index contributed by atoms with van der Waals surface area (Å²) in [7, 11) is 0. The number of carbonyl (C=O) groups excluding carboxylic acids is 1. The second-order valence-corrected chi connectivity index (χ2v) is 4.55. The number of carbonyl (C=O) groups is 1. The Morgan fingerprint density at radius 3 is 2.72 bits per heavy atom. The zero-order valence-electron chi connectivity index (χ0n) is 9.36. The quantitative estimate of drug-likeness (QED) is 0.874. The van der Waals surface area contributed by atoms with Crippen molar-refractivity contribution in [1.29, 1.82) is 0 Å². The van der Waals surface area contributed by atoms with E-state index in [1.807, 2.05) is 12.1 Å². The van der Waals surface area contributed by atoms with Crippen LogP contribution in [0.1, 0.15) is 5.56 Å². The highest BCUT2D eigenvalue weighted by Crippen LogP contribution is 2.13. The first kappa shape index (κ1) is 12.9. The van der Waals surface area contributed by atoms with Gasteiger partial charge in [0.2, 0.25) is 5.91 Å². The van der Waals surface area contributed by atoms with Crippen molar-refractivity contribution in [2.45, 2.75) is 6.42 Å². The molecule has 0 aliphatic rings. The molecule has 0 fully saturated rings. The maximum Gasteiger partial charge on any atom is 0.228 e. The van der Waals surface area contributed by atoms with Crippen LogP contribution in [0.2, 0.25) is 10.2 Å². The van der Waals surface area contributed by atoms with Crippen molar-refractivity contribution in [1.82, 2.24) is 4.98 Å². The third-order valence-corrected chi connectivity index (χ3v) is 2.72. The summed E-state index contributed by atoms with van der Waals surface area (Å²) >= 11 is 11.5. The molecule has 0 radical (unpaired) electrons. The fourth-order valence-corrected chi connectivity index (χ4v) is 1.81. The number of benzene rings is 1. The van der Waals surface area contributed by atoms with Crippen molar-refractivity contribution in [2.75, 3.05) is 5.32 Å². The summed E-state index contributed by atoms with van der Waals surface area (Å²) in [4.78, 5) is 15.6. The number of nitrogens with zero attached hydrogens (tertiary/aromatic N) is 1. The Morgan fingerprint density at radius 2 is 2.06 bits per heavy atom. The van der Waals surface area contributed by atoms with E-state index >= 15 is 0 Å². The molecule has 2 aromatic rings. The predicted molar refractivity (Wildman–Crippen MR) is 73.0 cm³/mol. The molecule has 92 valence electrons. The zero-order chi connectivity index (χ0) is 13.0. The van der Waals surface area contributed by atoms with Crippen LogP contribution in [0.5, 0.6) is 0 Å². The van der Waals surface area contributed by atoms with Crippen molar-refractivity contribution in [3.05, 3.63) is 58.3 Å². The zero-order valence-corrected chi connectivity index (χ0v) is 10.9. The smallest absolute Gasteiger partial charge is 0.228 e. The lowest BCUT2D eigenvalue weighted by Crippen LogP contribution is -2.14. The number of pyridine rings is 1. The molecule has 0 aliphatic heterocycles. The molecule has 1 amide bonds. The number of halogens is 2. The normalized spacial score (nSPS) is 10.1. The summed E-state index contributed by atoms with van der Waals surface area (Å²) in [5.41, 5.74) is 1.48. The van der Waals surface area contributed by atoms with Crippen LogP contribution in [-0.4, -0.2) is 10.9 Å². The molecule has 1 aromatic heterocycles. The lowest BCUT2D eigenvalue weighted by atomic mass is 10.1. The van der Waals surface area contributed by atoms with Gasteiger partial charge in [-0.2, -0.15) is 0 Å². The summed E-state index contributed by atoms with van der Waals surface area (Å²) < 4.78 is 0. The summed E-state index contributed by atoms with van der Waals surface area (Å²) in [6, 6.07) is 10.5. The Balaban J connectivity index is 1.98. The first-order valence-corrected chi connectivity index (χ1v) is 6.05. The first-order chi connectivity index (χ1) is 8.63. The van der Waals surface area contributed by atoms with Crippen LogP contribution in [-0.2, 0) is 11.2 Å². The molecule has 1 heterocycles. The number of anilines is 1. The van der Waals surface area contributed by atoms with Gasteiger partial charge in [-0.05, 0) is 29.8 Å². The topological polar surface area (TPSA) is 42.0 Å². The SMILES string of the molecule is O=C(Cc1cccc(Cl)c1)Nc1ccc(Cl)nc1. The highest BCUT2D eigenvalue weighted by molar-refractivity contribution is 6.30. The minimum absolute atomic E-state index is 0.124. The first-order valence-electron chi connectivity index (χ1n) is 5.29. The van der Waals surface area contributed by atoms with Crippen molar-refractivity contribution in [2.24, 2.45) is 0 Å². The number of nitrogens with one attached hydrogen (secondary N) is 1. The van der Waals surface area contributed by atoms with Crippen LogP contribution in [0.15, 0.2) is 42.6 Å². The highest BCUT2D eigenvalue weighted by Gasteiger charge is 2.04. The third-order valence-electron chi connectivity index (χ3n) is 2.26. The number of rotatable bonds is 3. The van der Waals surface area contributed by atoms with Gasteiger partial charge in [-0.15, -0.1) is 0 Å². The van der Waals surface area contributed by atoms with Gasteiger partial charge in [-0.25, -0.2) is 4.98 Å². The van der Waals surface area contributed by atoms with Gasteiger partial charge in [0.05, 0.1) is 18.3 Å². The van der Waals surface area contributed by atoms with Crippen LogP contribution >= 0.6 is 23.2 Å². The predicted octanol–water partition coefficient (Wildman–Crippen LogP) is 3.57. The summed E-state index contributed by atoms with van der Waals surface area (Å²) in [5.74, 6) is -0.124. The Bertz CT molecular complexity index is 555. The highest BCUT2D eigenvalue weighted by atomic mass is 35.5. The molecule has 18 heavy (non-hydrogen) atoms. The Kier molecular flexibility index (Phi) is 4.18. The van der Waals surface area contributed by atoms with Gasteiger partial charge in [-0.3, -0.25) is 4.79 Å². The standard InChI is InChI=1S/C13H10Cl2N2O/c14-10-3-1-2-9(6-10)7-13(18)17-11-4-5-12(15)16-8-11/h1-6,8H,7H2,(H,17,18). The van der Waals surface area contributed by atoms with E-state index in [-0.39, 0.29) is 12.3 Å². The minimum atomic E-state index is -0.124. The van der Waals surface area contributed by atoms with Crippen LogP contribution in [0, 0.1) is 0 Å². The van der Waals surface area contributed by atoms with Gasteiger partial charge in [0, 0.05) is 5.02 Å². The van der Waals surface area contributed by atoms with Gasteiger partial charge in [-0.1, -0.05) is 35.3 Å². The molecular formula is C13H10Cl2N2O. The average Bonchev–Trinajstić information content (AvgIpc) is 2.32. The molecule has 3 nitrogen and oxygen atoms in total.